The van der Waals surface area contributed by atoms with Crippen LogP contribution in [0.5, 0.6) is 0 Å². The molecule has 0 radical (unpaired) electrons. The standard InChI is InChI=1S/C17H29N3S/c1-16(2,3)14-12-21-15(19-14)11-20-10-6-9-18-17(13-20)7-4-5-8-17/h12,18H,4-11,13H2,1-3H3. The van der Waals surface area contributed by atoms with Crippen LogP contribution in [-0.4, -0.2) is 35.1 Å². The van der Waals surface area contributed by atoms with Gasteiger partial charge in [0.2, 0.25) is 0 Å². The van der Waals surface area contributed by atoms with E-state index in [0.29, 0.717) is 5.54 Å². The molecule has 1 aliphatic heterocycles. The third kappa shape index (κ3) is 3.66. The molecular weight excluding hydrogens is 278 g/mol. The van der Waals surface area contributed by atoms with Crippen molar-refractivity contribution in [3.05, 3.63) is 16.1 Å². The van der Waals surface area contributed by atoms with E-state index in [-0.39, 0.29) is 5.41 Å². The van der Waals surface area contributed by atoms with Crippen molar-refractivity contribution in [2.75, 3.05) is 19.6 Å². The van der Waals surface area contributed by atoms with Gasteiger partial charge in [0.25, 0.3) is 0 Å². The van der Waals surface area contributed by atoms with Gasteiger partial charge in [0.15, 0.2) is 0 Å². The molecule has 118 valence electrons. The molecular formula is C17H29N3S. The lowest BCUT2D eigenvalue weighted by atomic mass is 9.93. The first-order chi connectivity index (χ1) is 9.97. The SMILES string of the molecule is CC(C)(C)c1csc(CN2CCCNC3(CCCC3)C2)n1. The minimum atomic E-state index is 0.168. The van der Waals surface area contributed by atoms with Crippen LogP contribution in [0.2, 0.25) is 0 Å². The summed E-state index contributed by atoms with van der Waals surface area (Å²) < 4.78 is 0. The summed E-state index contributed by atoms with van der Waals surface area (Å²) in [6, 6.07) is 0. The zero-order chi connectivity index (χ0) is 14.9. The Morgan fingerprint density at radius 2 is 2.05 bits per heavy atom. The van der Waals surface area contributed by atoms with Gasteiger partial charge in [0, 0.05) is 22.9 Å². The normalized spacial score (nSPS) is 23.6. The Bertz CT molecular complexity index is 469. The monoisotopic (exact) mass is 307 g/mol. The molecule has 1 N–H and O–H groups in total. The lowest BCUT2D eigenvalue weighted by Gasteiger charge is -2.33. The molecule has 2 heterocycles. The van der Waals surface area contributed by atoms with Crippen LogP contribution < -0.4 is 5.32 Å². The fraction of sp³-hybridized carbons (Fsp3) is 0.824. The van der Waals surface area contributed by atoms with Crippen molar-refractivity contribution in [1.29, 1.82) is 0 Å². The molecule has 3 nitrogen and oxygen atoms in total. The van der Waals surface area contributed by atoms with Crippen molar-refractivity contribution in [2.45, 2.75) is 70.4 Å². The second kappa shape index (κ2) is 5.98. The highest BCUT2D eigenvalue weighted by Gasteiger charge is 2.36. The zero-order valence-electron chi connectivity index (χ0n) is 13.7. The van der Waals surface area contributed by atoms with Gasteiger partial charge in [-0.3, -0.25) is 4.90 Å². The number of thiazole rings is 1. The van der Waals surface area contributed by atoms with Gasteiger partial charge < -0.3 is 5.32 Å². The summed E-state index contributed by atoms with van der Waals surface area (Å²) in [5.41, 5.74) is 1.81. The van der Waals surface area contributed by atoms with E-state index < -0.39 is 0 Å². The summed E-state index contributed by atoms with van der Waals surface area (Å²) in [5, 5.41) is 7.38. The third-order valence-corrected chi connectivity index (χ3v) is 5.75. The number of aromatic nitrogens is 1. The number of hydrogen-bond acceptors (Lipinski definition) is 4. The highest BCUT2D eigenvalue weighted by atomic mass is 32.1. The Balaban J connectivity index is 1.67. The largest absolute Gasteiger partial charge is 0.310 e. The van der Waals surface area contributed by atoms with Crippen LogP contribution in [0.4, 0.5) is 0 Å². The van der Waals surface area contributed by atoms with Gasteiger partial charge in [-0.15, -0.1) is 11.3 Å². The van der Waals surface area contributed by atoms with Crippen molar-refractivity contribution in [3.63, 3.8) is 0 Å². The molecule has 1 saturated carbocycles. The van der Waals surface area contributed by atoms with Crippen LogP contribution in [0, 0.1) is 0 Å². The van der Waals surface area contributed by atoms with Gasteiger partial charge >= 0.3 is 0 Å². The molecule has 0 aromatic carbocycles. The number of nitrogens with one attached hydrogen (secondary N) is 1. The highest BCUT2D eigenvalue weighted by molar-refractivity contribution is 7.09. The minimum absolute atomic E-state index is 0.168. The van der Waals surface area contributed by atoms with Crippen LogP contribution >= 0.6 is 11.3 Å². The fourth-order valence-electron chi connectivity index (χ4n) is 3.66. The van der Waals surface area contributed by atoms with E-state index in [1.807, 2.05) is 11.3 Å². The second-order valence-corrected chi connectivity index (χ2v) is 8.80. The molecule has 0 amide bonds. The molecule has 21 heavy (non-hydrogen) atoms. The molecule has 1 aliphatic carbocycles. The predicted octanol–water partition coefficient (Wildman–Crippen LogP) is 3.55. The number of hydrogen-bond donors (Lipinski definition) is 1. The van der Waals surface area contributed by atoms with E-state index in [9.17, 15) is 0 Å². The third-order valence-electron chi connectivity index (χ3n) is 4.92. The topological polar surface area (TPSA) is 28.2 Å². The molecule has 1 spiro atoms. The molecule has 4 heteroatoms. The first-order valence-corrected chi connectivity index (χ1v) is 9.27. The van der Waals surface area contributed by atoms with Crippen LogP contribution in [0.1, 0.15) is 63.6 Å². The summed E-state index contributed by atoms with van der Waals surface area (Å²) >= 11 is 1.83. The Kier molecular flexibility index (Phi) is 4.40. The van der Waals surface area contributed by atoms with Gasteiger partial charge in [-0.1, -0.05) is 33.6 Å². The van der Waals surface area contributed by atoms with Crippen LogP contribution in [0.15, 0.2) is 5.38 Å². The van der Waals surface area contributed by atoms with E-state index >= 15 is 0 Å². The van der Waals surface area contributed by atoms with Gasteiger partial charge in [-0.2, -0.15) is 0 Å². The minimum Gasteiger partial charge on any atom is -0.310 e. The van der Waals surface area contributed by atoms with Gasteiger partial charge in [-0.25, -0.2) is 4.98 Å². The zero-order valence-corrected chi connectivity index (χ0v) is 14.6. The Labute approximate surface area is 133 Å². The van der Waals surface area contributed by atoms with Crippen LogP contribution in [-0.2, 0) is 12.0 Å². The predicted molar refractivity (Wildman–Crippen MR) is 89.9 cm³/mol. The number of nitrogens with zero attached hydrogens (tertiary/aromatic N) is 2. The summed E-state index contributed by atoms with van der Waals surface area (Å²) in [7, 11) is 0. The van der Waals surface area contributed by atoms with Crippen molar-refractivity contribution in [3.8, 4) is 0 Å². The van der Waals surface area contributed by atoms with Crippen molar-refractivity contribution < 1.29 is 0 Å². The van der Waals surface area contributed by atoms with Gasteiger partial charge in [0.1, 0.15) is 5.01 Å². The Morgan fingerprint density at radius 1 is 1.29 bits per heavy atom. The summed E-state index contributed by atoms with van der Waals surface area (Å²) in [5.74, 6) is 0. The number of rotatable bonds is 2. The van der Waals surface area contributed by atoms with E-state index in [1.54, 1.807) is 0 Å². The van der Waals surface area contributed by atoms with Crippen molar-refractivity contribution in [1.82, 2.24) is 15.2 Å². The smallest absolute Gasteiger partial charge is 0.107 e. The molecule has 1 saturated heterocycles. The molecule has 0 unspecified atom stereocenters. The van der Waals surface area contributed by atoms with E-state index in [1.165, 1.54) is 62.4 Å². The summed E-state index contributed by atoms with van der Waals surface area (Å²) in [6.07, 6.45) is 6.76. The van der Waals surface area contributed by atoms with E-state index in [0.717, 1.165) is 6.54 Å². The average molecular weight is 308 g/mol. The van der Waals surface area contributed by atoms with E-state index in [2.05, 4.69) is 36.4 Å². The Hall–Kier alpha value is -0.450. The van der Waals surface area contributed by atoms with Gasteiger partial charge in [-0.05, 0) is 32.4 Å². The lowest BCUT2D eigenvalue weighted by Crippen LogP contribution is -2.49. The lowest BCUT2D eigenvalue weighted by molar-refractivity contribution is 0.203. The fourth-order valence-corrected chi connectivity index (χ4v) is 4.72. The summed E-state index contributed by atoms with van der Waals surface area (Å²) in [6.45, 7) is 11.4. The van der Waals surface area contributed by atoms with Crippen LogP contribution in [0.25, 0.3) is 0 Å². The highest BCUT2D eigenvalue weighted by Crippen LogP contribution is 2.32. The van der Waals surface area contributed by atoms with Gasteiger partial charge in [0.05, 0.1) is 12.2 Å². The van der Waals surface area contributed by atoms with Crippen molar-refractivity contribution in [2.24, 2.45) is 0 Å². The maximum atomic E-state index is 4.88. The maximum Gasteiger partial charge on any atom is 0.107 e. The Morgan fingerprint density at radius 3 is 2.71 bits per heavy atom. The first-order valence-electron chi connectivity index (χ1n) is 8.39. The molecule has 0 atom stereocenters. The molecule has 1 aromatic rings. The second-order valence-electron chi connectivity index (χ2n) is 7.85. The maximum absolute atomic E-state index is 4.88. The average Bonchev–Trinajstić information content (AvgIpc) is 2.99. The molecule has 1 aromatic heterocycles. The van der Waals surface area contributed by atoms with Crippen LogP contribution in [0.3, 0.4) is 0 Å². The quantitative estimate of drug-likeness (QED) is 0.905. The first kappa shape index (κ1) is 15.4. The van der Waals surface area contributed by atoms with Crippen molar-refractivity contribution >= 4 is 11.3 Å². The molecule has 0 bridgehead atoms. The summed E-state index contributed by atoms with van der Waals surface area (Å²) in [4.78, 5) is 7.51. The van der Waals surface area contributed by atoms with E-state index in [4.69, 9.17) is 4.98 Å². The molecule has 2 aliphatic rings. The molecule has 3 rings (SSSR count). The molecule has 2 fully saturated rings.